The third kappa shape index (κ3) is 1.85. The first-order valence-electron chi connectivity index (χ1n) is 4.39. The summed E-state index contributed by atoms with van der Waals surface area (Å²) in [6.45, 7) is 3.56. The minimum Gasteiger partial charge on any atom is -0.477 e. The number of rotatable bonds is 2. The number of thiophene rings is 1. The van der Waals surface area contributed by atoms with Crippen LogP contribution in [-0.4, -0.2) is 23.2 Å². The van der Waals surface area contributed by atoms with Crippen LogP contribution in [0, 0.1) is 0 Å². The van der Waals surface area contributed by atoms with E-state index in [0.29, 0.717) is 11.1 Å². The van der Waals surface area contributed by atoms with Crippen LogP contribution < -0.4 is 0 Å². The summed E-state index contributed by atoms with van der Waals surface area (Å²) in [7, 11) is 0. The van der Waals surface area contributed by atoms with E-state index in [1.54, 1.807) is 17.5 Å². The van der Waals surface area contributed by atoms with Crippen molar-refractivity contribution in [1.29, 1.82) is 0 Å². The SMILES string of the molecule is C=C1C=C(c2csc(C(=O)O)c2)C=NC1=O. The zero-order valence-corrected chi connectivity index (χ0v) is 8.95. The molecule has 1 aromatic rings. The number of amides is 1. The van der Waals surface area contributed by atoms with Crippen molar-refractivity contribution in [3.63, 3.8) is 0 Å². The molecule has 1 amide bonds. The van der Waals surface area contributed by atoms with Gasteiger partial charge in [-0.05, 0) is 23.1 Å². The van der Waals surface area contributed by atoms with Gasteiger partial charge in [0.25, 0.3) is 5.91 Å². The topological polar surface area (TPSA) is 66.7 Å². The van der Waals surface area contributed by atoms with Gasteiger partial charge in [-0.25, -0.2) is 9.79 Å². The van der Waals surface area contributed by atoms with Crippen molar-refractivity contribution in [2.75, 3.05) is 0 Å². The maximum atomic E-state index is 11.1. The van der Waals surface area contributed by atoms with Crippen LogP contribution in [0.2, 0.25) is 0 Å². The summed E-state index contributed by atoms with van der Waals surface area (Å²) in [5.41, 5.74) is 1.74. The van der Waals surface area contributed by atoms with E-state index in [1.807, 2.05) is 0 Å². The first-order chi connectivity index (χ1) is 7.58. The Labute approximate surface area is 95.3 Å². The second kappa shape index (κ2) is 3.86. The third-order valence-electron chi connectivity index (χ3n) is 2.07. The van der Waals surface area contributed by atoms with Crippen LogP contribution in [0.5, 0.6) is 0 Å². The zero-order valence-electron chi connectivity index (χ0n) is 8.14. The molecule has 0 unspecified atom stereocenters. The van der Waals surface area contributed by atoms with E-state index < -0.39 is 5.97 Å². The molecule has 0 saturated heterocycles. The Morgan fingerprint density at radius 3 is 2.81 bits per heavy atom. The lowest BCUT2D eigenvalue weighted by molar-refractivity contribution is -0.114. The van der Waals surface area contributed by atoms with E-state index in [2.05, 4.69) is 11.6 Å². The minimum atomic E-state index is -0.959. The minimum absolute atomic E-state index is 0.256. The number of carbonyl (C=O) groups excluding carboxylic acids is 1. The molecule has 0 bridgehead atoms. The highest BCUT2D eigenvalue weighted by Crippen LogP contribution is 2.24. The van der Waals surface area contributed by atoms with Crippen molar-refractivity contribution in [3.05, 3.63) is 40.1 Å². The fourth-order valence-electron chi connectivity index (χ4n) is 1.26. The molecule has 5 heteroatoms. The molecule has 1 N–H and O–H groups in total. The number of carboxylic acids is 1. The Kier molecular flexibility index (Phi) is 2.54. The van der Waals surface area contributed by atoms with Gasteiger partial charge in [0, 0.05) is 17.4 Å². The van der Waals surface area contributed by atoms with Gasteiger partial charge in [0.2, 0.25) is 0 Å². The maximum Gasteiger partial charge on any atom is 0.345 e. The number of hydrogen-bond donors (Lipinski definition) is 1. The molecule has 4 nitrogen and oxygen atoms in total. The van der Waals surface area contributed by atoms with E-state index in [9.17, 15) is 9.59 Å². The highest BCUT2D eigenvalue weighted by atomic mass is 32.1. The predicted molar refractivity (Wildman–Crippen MR) is 61.9 cm³/mol. The molecule has 2 heterocycles. The van der Waals surface area contributed by atoms with Crippen molar-refractivity contribution in [1.82, 2.24) is 0 Å². The molecule has 2 rings (SSSR count). The molecular formula is C11H7NO3S. The average Bonchev–Trinajstić information content (AvgIpc) is 2.71. The summed E-state index contributed by atoms with van der Waals surface area (Å²) in [4.78, 5) is 25.7. The van der Waals surface area contributed by atoms with Gasteiger partial charge in [0.15, 0.2) is 0 Å². The molecule has 80 valence electrons. The van der Waals surface area contributed by atoms with E-state index in [-0.39, 0.29) is 10.8 Å². The number of allylic oxidation sites excluding steroid dienone is 1. The van der Waals surface area contributed by atoms with Crippen molar-refractivity contribution < 1.29 is 14.7 Å². The number of aromatic carboxylic acids is 1. The molecule has 0 fully saturated rings. The smallest absolute Gasteiger partial charge is 0.345 e. The summed E-state index contributed by atoms with van der Waals surface area (Å²) in [6, 6.07) is 1.55. The van der Waals surface area contributed by atoms with Gasteiger partial charge < -0.3 is 5.11 Å². The zero-order chi connectivity index (χ0) is 11.7. The second-order valence-corrected chi connectivity index (χ2v) is 4.10. The Bertz CT molecular complexity index is 551. The lowest BCUT2D eigenvalue weighted by Gasteiger charge is -2.04. The summed E-state index contributed by atoms with van der Waals surface area (Å²) in [5, 5.41) is 10.5. The van der Waals surface area contributed by atoms with Crippen molar-refractivity contribution in [2.24, 2.45) is 4.99 Å². The van der Waals surface area contributed by atoms with Gasteiger partial charge in [-0.2, -0.15) is 0 Å². The van der Waals surface area contributed by atoms with E-state index >= 15 is 0 Å². The lowest BCUT2D eigenvalue weighted by atomic mass is 10.0. The fraction of sp³-hybridized carbons (Fsp3) is 0. The molecule has 1 aliphatic heterocycles. The molecule has 0 aromatic carbocycles. The van der Waals surface area contributed by atoms with Crippen LogP contribution in [0.3, 0.4) is 0 Å². The molecule has 1 aliphatic rings. The number of nitrogens with zero attached hydrogens (tertiary/aromatic N) is 1. The van der Waals surface area contributed by atoms with E-state index in [0.717, 1.165) is 16.9 Å². The first-order valence-corrected chi connectivity index (χ1v) is 5.27. The van der Waals surface area contributed by atoms with Crippen LogP contribution >= 0.6 is 11.3 Å². The second-order valence-electron chi connectivity index (χ2n) is 3.19. The summed E-state index contributed by atoms with van der Waals surface area (Å²) in [6.07, 6.45) is 3.02. The standard InChI is InChI=1S/C11H7NO3S/c1-6-2-7(4-12-10(6)13)8-3-9(11(14)15)16-5-8/h2-5H,1H2,(H,14,15). The molecule has 0 saturated carbocycles. The van der Waals surface area contributed by atoms with Gasteiger partial charge in [-0.3, -0.25) is 4.79 Å². The first kappa shape index (κ1) is 10.5. The normalized spacial score (nSPS) is 15.1. The van der Waals surface area contributed by atoms with Crippen molar-refractivity contribution >= 4 is 35.0 Å². The van der Waals surface area contributed by atoms with Gasteiger partial charge >= 0.3 is 5.97 Å². The van der Waals surface area contributed by atoms with E-state index in [1.165, 1.54) is 6.21 Å². The van der Waals surface area contributed by atoms with Gasteiger partial charge in [-0.1, -0.05) is 6.58 Å². The Hall–Kier alpha value is -2.01. The Morgan fingerprint density at radius 1 is 1.50 bits per heavy atom. The number of dihydropyridines is 1. The van der Waals surface area contributed by atoms with Crippen LogP contribution in [0.25, 0.3) is 5.57 Å². The van der Waals surface area contributed by atoms with Crippen LogP contribution in [0.1, 0.15) is 15.2 Å². The van der Waals surface area contributed by atoms with Crippen molar-refractivity contribution in [3.8, 4) is 0 Å². The molecule has 0 spiro atoms. The number of carbonyl (C=O) groups is 2. The predicted octanol–water partition coefficient (Wildman–Crippen LogP) is 2.00. The number of carboxylic acid groups (broad SMARTS) is 1. The van der Waals surface area contributed by atoms with Gasteiger partial charge in [0.05, 0.1) is 0 Å². The fourth-order valence-corrected chi connectivity index (χ4v) is 2.01. The van der Waals surface area contributed by atoms with Gasteiger partial charge in [-0.15, -0.1) is 11.3 Å². The quantitative estimate of drug-likeness (QED) is 0.794. The molecule has 1 aromatic heterocycles. The Morgan fingerprint density at radius 2 is 2.25 bits per heavy atom. The van der Waals surface area contributed by atoms with Crippen LogP contribution in [0.15, 0.2) is 34.7 Å². The van der Waals surface area contributed by atoms with Crippen molar-refractivity contribution in [2.45, 2.75) is 0 Å². The number of hydrogen-bond acceptors (Lipinski definition) is 3. The maximum absolute atomic E-state index is 11.1. The highest BCUT2D eigenvalue weighted by molar-refractivity contribution is 7.12. The molecule has 16 heavy (non-hydrogen) atoms. The van der Waals surface area contributed by atoms with Gasteiger partial charge in [0.1, 0.15) is 4.88 Å². The molecular weight excluding hydrogens is 226 g/mol. The number of aliphatic imine (C=N–C) groups is 1. The largest absolute Gasteiger partial charge is 0.477 e. The third-order valence-corrected chi connectivity index (χ3v) is 2.99. The average molecular weight is 233 g/mol. The lowest BCUT2D eigenvalue weighted by Crippen LogP contribution is -2.02. The Balaban J connectivity index is 2.35. The van der Waals surface area contributed by atoms with Crippen LogP contribution in [-0.2, 0) is 4.79 Å². The highest BCUT2D eigenvalue weighted by Gasteiger charge is 2.13. The van der Waals surface area contributed by atoms with E-state index in [4.69, 9.17) is 5.11 Å². The summed E-state index contributed by atoms with van der Waals surface area (Å²) >= 11 is 1.14. The molecule has 0 aliphatic carbocycles. The van der Waals surface area contributed by atoms with Crippen LogP contribution in [0.4, 0.5) is 0 Å². The monoisotopic (exact) mass is 233 g/mol. The summed E-state index contributed by atoms with van der Waals surface area (Å²) < 4.78 is 0. The molecule has 0 atom stereocenters. The summed E-state index contributed by atoms with van der Waals surface area (Å²) in [5.74, 6) is -1.32. The molecule has 0 radical (unpaired) electrons.